The summed E-state index contributed by atoms with van der Waals surface area (Å²) in [5.74, 6) is 0.835. The maximum atomic E-state index is 9.74. The van der Waals surface area contributed by atoms with Crippen molar-refractivity contribution in [1.29, 1.82) is 0 Å². The van der Waals surface area contributed by atoms with Gasteiger partial charge in [0.1, 0.15) is 5.82 Å². The fourth-order valence-corrected chi connectivity index (χ4v) is 1.00. The molecule has 5 nitrogen and oxygen atoms in total. The second-order valence-electron chi connectivity index (χ2n) is 3.95. The van der Waals surface area contributed by atoms with Crippen molar-refractivity contribution in [2.75, 3.05) is 5.32 Å². The minimum Gasteiger partial charge on any atom is -0.388 e. The van der Waals surface area contributed by atoms with Crippen LogP contribution < -0.4 is 5.32 Å². The molecule has 0 amide bonds. The van der Waals surface area contributed by atoms with Gasteiger partial charge in [-0.25, -0.2) is 4.68 Å². The van der Waals surface area contributed by atoms with Gasteiger partial charge in [0.25, 0.3) is 0 Å². The first kappa shape index (κ1) is 11.0. The number of aromatic nitrogens is 3. The monoisotopic (exact) mass is 198 g/mol. The van der Waals surface area contributed by atoms with E-state index in [0.29, 0.717) is 0 Å². The Morgan fingerprint density at radius 1 is 1.64 bits per heavy atom. The molecular formula is C9H18N4O. The summed E-state index contributed by atoms with van der Waals surface area (Å²) in [6, 6.07) is -0.0497. The van der Waals surface area contributed by atoms with Crippen molar-refractivity contribution in [2.24, 2.45) is 0 Å². The molecule has 14 heavy (non-hydrogen) atoms. The standard InChI is InChI=1S/C9H18N4O/c1-5-13-8(6-10-12-13)11-7(2)9(3,4)14/h6-7,11,14H,5H2,1-4H3. The molecule has 0 radical (unpaired) electrons. The van der Waals surface area contributed by atoms with E-state index in [4.69, 9.17) is 0 Å². The van der Waals surface area contributed by atoms with Gasteiger partial charge in [-0.1, -0.05) is 5.21 Å². The molecule has 1 heterocycles. The van der Waals surface area contributed by atoms with Crippen molar-refractivity contribution in [2.45, 2.75) is 45.9 Å². The second kappa shape index (κ2) is 3.96. The van der Waals surface area contributed by atoms with Gasteiger partial charge in [0.2, 0.25) is 0 Å². The summed E-state index contributed by atoms with van der Waals surface area (Å²) in [5, 5.41) is 20.6. The molecule has 0 saturated carbocycles. The zero-order valence-corrected chi connectivity index (χ0v) is 9.15. The van der Waals surface area contributed by atoms with Crippen LogP contribution >= 0.6 is 0 Å². The molecule has 0 aliphatic heterocycles. The average Bonchev–Trinajstić information content (AvgIpc) is 2.50. The number of hydrogen-bond acceptors (Lipinski definition) is 4. The first-order chi connectivity index (χ1) is 6.45. The first-order valence-corrected chi connectivity index (χ1v) is 4.82. The smallest absolute Gasteiger partial charge is 0.145 e. The summed E-state index contributed by atoms with van der Waals surface area (Å²) in [6.07, 6.45) is 1.66. The Labute approximate surface area is 84.1 Å². The molecule has 1 rings (SSSR count). The number of aryl methyl sites for hydroxylation is 1. The quantitative estimate of drug-likeness (QED) is 0.753. The van der Waals surface area contributed by atoms with Crippen LogP contribution in [0.4, 0.5) is 5.82 Å². The normalized spacial score (nSPS) is 14.1. The van der Waals surface area contributed by atoms with E-state index in [0.717, 1.165) is 12.4 Å². The predicted molar refractivity (Wildman–Crippen MR) is 55.1 cm³/mol. The fraction of sp³-hybridized carbons (Fsp3) is 0.778. The van der Waals surface area contributed by atoms with E-state index in [1.807, 2.05) is 13.8 Å². The summed E-state index contributed by atoms with van der Waals surface area (Å²) in [5.41, 5.74) is -0.761. The zero-order valence-electron chi connectivity index (χ0n) is 9.15. The van der Waals surface area contributed by atoms with E-state index < -0.39 is 5.60 Å². The van der Waals surface area contributed by atoms with Crippen LogP contribution in [0.3, 0.4) is 0 Å². The van der Waals surface area contributed by atoms with Crippen molar-refractivity contribution in [1.82, 2.24) is 15.0 Å². The highest BCUT2D eigenvalue weighted by Crippen LogP contribution is 2.14. The molecule has 0 aliphatic carbocycles. The Morgan fingerprint density at radius 2 is 2.29 bits per heavy atom. The molecule has 0 fully saturated rings. The van der Waals surface area contributed by atoms with E-state index in [2.05, 4.69) is 15.6 Å². The molecule has 0 aromatic carbocycles. The number of nitrogens with one attached hydrogen (secondary N) is 1. The third-order valence-corrected chi connectivity index (χ3v) is 2.34. The Hall–Kier alpha value is -1.10. The molecule has 0 spiro atoms. The van der Waals surface area contributed by atoms with E-state index in [1.54, 1.807) is 24.7 Å². The lowest BCUT2D eigenvalue weighted by atomic mass is 10.0. The fourth-order valence-electron chi connectivity index (χ4n) is 1.00. The summed E-state index contributed by atoms with van der Waals surface area (Å²) in [4.78, 5) is 0. The third-order valence-electron chi connectivity index (χ3n) is 2.34. The van der Waals surface area contributed by atoms with Crippen LogP contribution in [0.15, 0.2) is 6.20 Å². The molecule has 1 unspecified atom stereocenters. The Morgan fingerprint density at radius 3 is 2.79 bits per heavy atom. The molecule has 0 saturated heterocycles. The summed E-state index contributed by atoms with van der Waals surface area (Å²) in [7, 11) is 0. The predicted octanol–water partition coefficient (Wildman–Crippen LogP) is 0.869. The number of nitrogens with zero attached hydrogens (tertiary/aromatic N) is 3. The molecule has 0 bridgehead atoms. The van der Waals surface area contributed by atoms with Gasteiger partial charge in [-0.15, -0.1) is 5.10 Å². The van der Waals surface area contributed by atoms with E-state index in [-0.39, 0.29) is 6.04 Å². The SMILES string of the molecule is CCn1nncc1NC(C)C(C)(C)O. The van der Waals surface area contributed by atoms with Crippen molar-refractivity contribution in [3.05, 3.63) is 6.20 Å². The highest BCUT2D eigenvalue weighted by molar-refractivity contribution is 5.33. The lowest BCUT2D eigenvalue weighted by Gasteiger charge is -2.27. The largest absolute Gasteiger partial charge is 0.388 e. The van der Waals surface area contributed by atoms with Gasteiger partial charge < -0.3 is 10.4 Å². The van der Waals surface area contributed by atoms with Crippen LogP contribution in [0.1, 0.15) is 27.7 Å². The number of aliphatic hydroxyl groups is 1. The van der Waals surface area contributed by atoms with Gasteiger partial charge in [-0.2, -0.15) is 0 Å². The summed E-state index contributed by atoms with van der Waals surface area (Å²) < 4.78 is 1.75. The van der Waals surface area contributed by atoms with Gasteiger partial charge in [-0.3, -0.25) is 0 Å². The molecule has 80 valence electrons. The Kier molecular flexibility index (Phi) is 3.10. The van der Waals surface area contributed by atoms with Crippen molar-refractivity contribution in [3.8, 4) is 0 Å². The minimum atomic E-state index is -0.761. The topological polar surface area (TPSA) is 63.0 Å². The zero-order chi connectivity index (χ0) is 10.8. The Bertz CT molecular complexity index is 289. The van der Waals surface area contributed by atoms with Crippen LogP contribution in [0.5, 0.6) is 0 Å². The average molecular weight is 198 g/mol. The van der Waals surface area contributed by atoms with Gasteiger partial charge in [-0.05, 0) is 27.7 Å². The highest BCUT2D eigenvalue weighted by Gasteiger charge is 2.22. The molecule has 1 aromatic heterocycles. The Balaban J connectivity index is 2.69. The molecule has 2 N–H and O–H groups in total. The molecule has 1 aromatic rings. The van der Waals surface area contributed by atoms with Crippen molar-refractivity contribution in [3.63, 3.8) is 0 Å². The van der Waals surface area contributed by atoms with Crippen LogP contribution in [0, 0.1) is 0 Å². The lowest BCUT2D eigenvalue weighted by molar-refractivity contribution is 0.0646. The van der Waals surface area contributed by atoms with E-state index in [9.17, 15) is 5.11 Å². The van der Waals surface area contributed by atoms with Crippen molar-refractivity contribution >= 4 is 5.82 Å². The lowest BCUT2D eigenvalue weighted by Crippen LogP contribution is -2.39. The van der Waals surface area contributed by atoms with Crippen LogP contribution in [-0.4, -0.2) is 31.7 Å². The number of hydrogen-bond donors (Lipinski definition) is 2. The second-order valence-corrected chi connectivity index (χ2v) is 3.95. The maximum absolute atomic E-state index is 9.74. The summed E-state index contributed by atoms with van der Waals surface area (Å²) >= 11 is 0. The molecule has 5 heteroatoms. The van der Waals surface area contributed by atoms with Gasteiger partial charge in [0.05, 0.1) is 17.8 Å². The van der Waals surface area contributed by atoms with E-state index >= 15 is 0 Å². The number of rotatable bonds is 4. The molecule has 1 atom stereocenters. The van der Waals surface area contributed by atoms with Crippen LogP contribution in [0.2, 0.25) is 0 Å². The molecule has 0 aliphatic rings. The van der Waals surface area contributed by atoms with Gasteiger partial charge >= 0.3 is 0 Å². The third kappa shape index (κ3) is 2.45. The van der Waals surface area contributed by atoms with Crippen LogP contribution in [-0.2, 0) is 6.54 Å². The van der Waals surface area contributed by atoms with Crippen molar-refractivity contribution < 1.29 is 5.11 Å². The minimum absolute atomic E-state index is 0.0497. The first-order valence-electron chi connectivity index (χ1n) is 4.82. The molecular weight excluding hydrogens is 180 g/mol. The highest BCUT2D eigenvalue weighted by atomic mass is 16.3. The van der Waals surface area contributed by atoms with Crippen LogP contribution in [0.25, 0.3) is 0 Å². The van der Waals surface area contributed by atoms with Gasteiger partial charge in [0.15, 0.2) is 0 Å². The summed E-state index contributed by atoms with van der Waals surface area (Å²) in [6.45, 7) is 8.22. The van der Waals surface area contributed by atoms with E-state index in [1.165, 1.54) is 0 Å². The number of anilines is 1. The maximum Gasteiger partial charge on any atom is 0.145 e. The van der Waals surface area contributed by atoms with Gasteiger partial charge in [0, 0.05) is 6.54 Å².